The molecule has 4 nitrogen and oxygen atoms in total. The molecule has 5 heteroatoms. The fourth-order valence-electron chi connectivity index (χ4n) is 2.40. The fraction of sp³-hybridized carbons (Fsp3) is 0.368. The number of aromatic nitrogens is 1. The van der Waals surface area contributed by atoms with Crippen molar-refractivity contribution in [1.82, 2.24) is 15.2 Å². The highest BCUT2D eigenvalue weighted by molar-refractivity contribution is 5.76. The second-order valence-corrected chi connectivity index (χ2v) is 5.85. The molecule has 1 N–H and O–H groups in total. The third-order valence-electron chi connectivity index (χ3n) is 3.93. The Morgan fingerprint density at radius 1 is 1.12 bits per heavy atom. The van der Waals surface area contributed by atoms with E-state index < -0.39 is 0 Å². The molecule has 0 fully saturated rings. The third-order valence-corrected chi connectivity index (χ3v) is 3.93. The van der Waals surface area contributed by atoms with Crippen molar-refractivity contribution in [2.75, 3.05) is 26.7 Å². The van der Waals surface area contributed by atoms with Crippen molar-refractivity contribution in [1.29, 1.82) is 0 Å². The quantitative estimate of drug-likeness (QED) is 0.768. The van der Waals surface area contributed by atoms with Crippen LogP contribution >= 0.6 is 0 Å². The lowest BCUT2D eigenvalue weighted by molar-refractivity contribution is -0.121. The highest BCUT2D eigenvalue weighted by Crippen LogP contribution is 2.06. The van der Waals surface area contributed by atoms with Gasteiger partial charge in [0.15, 0.2) is 0 Å². The molecule has 1 aromatic heterocycles. The van der Waals surface area contributed by atoms with Crippen LogP contribution in [0, 0.1) is 5.82 Å². The van der Waals surface area contributed by atoms with E-state index in [4.69, 9.17) is 0 Å². The van der Waals surface area contributed by atoms with E-state index in [1.165, 1.54) is 11.6 Å². The lowest BCUT2D eigenvalue weighted by Gasteiger charge is -2.16. The van der Waals surface area contributed by atoms with Gasteiger partial charge in [0.1, 0.15) is 5.82 Å². The number of carbonyl (C=O) groups is 1. The summed E-state index contributed by atoms with van der Waals surface area (Å²) in [5.41, 5.74) is 1.87. The number of benzene rings is 1. The summed E-state index contributed by atoms with van der Waals surface area (Å²) >= 11 is 0. The summed E-state index contributed by atoms with van der Waals surface area (Å²) < 4.78 is 13.5. The normalized spacial score (nSPS) is 10.8. The molecule has 1 heterocycles. The molecule has 0 atom stereocenters. The molecular weight excluding hydrogens is 305 g/mol. The molecule has 128 valence electrons. The summed E-state index contributed by atoms with van der Waals surface area (Å²) in [6, 6.07) is 10.7. The zero-order valence-corrected chi connectivity index (χ0v) is 14.0. The molecular formula is C19H24FN3O. The molecule has 0 bridgehead atoms. The van der Waals surface area contributed by atoms with Gasteiger partial charge in [-0.15, -0.1) is 0 Å². The van der Waals surface area contributed by atoms with Gasteiger partial charge in [-0.25, -0.2) is 4.39 Å². The molecule has 0 aliphatic carbocycles. The Balaban J connectivity index is 1.59. The first-order valence-corrected chi connectivity index (χ1v) is 8.22. The number of amides is 1. The molecule has 0 radical (unpaired) electrons. The number of nitrogens with zero attached hydrogens (tertiary/aromatic N) is 2. The lowest BCUT2D eigenvalue weighted by atomic mass is 10.1. The number of hydrogen-bond acceptors (Lipinski definition) is 3. The van der Waals surface area contributed by atoms with Gasteiger partial charge in [-0.2, -0.15) is 0 Å². The molecule has 24 heavy (non-hydrogen) atoms. The Hall–Kier alpha value is -2.27. The minimum absolute atomic E-state index is 0.00194. The lowest BCUT2D eigenvalue weighted by Crippen LogP contribution is -2.31. The highest BCUT2D eigenvalue weighted by atomic mass is 19.1. The molecule has 0 aliphatic heterocycles. The number of pyridine rings is 1. The van der Waals surface area contributed by atoms with Crippen LogP contribution in [-0.2, 0) is 17.6 Å². The SMILES string of the molecule is CN(CCC(=O)NCCc1ccccc1F)CCc1ccncc1. The highest BCUT2D eigenvalue weighted by Gasteiger charge is 2.06. The Morgan fingerprint density at radius 2 is 1.88 bits per heavy atom. The van der Waals surface area contributed by atoms with Gasteiger partial charge in [-0.3, -0.25) is 9.78 Å². The summed E-state index contributed by atoms with van der Waals surface area (Å²) in [6.07, 6.45) is 5.48. The summed E-state index contributed by atoms with van der Waals surface area (Å²) in [7, 11) is 2.01. The number of nitrogens with one attached hydrogen (secondary N) is 1. The number of rotatable bonds is 9. The molecule has 2 rings (SSSR count). The molecule has 0 saturated carbocycles. The number of carbonyl (C=O) groups excluding carboxylic acids is 1. The van der Waals surface area contributed by atoms with Gasteiger partial charge in [-0.1, -0.05) is 18.2 Å². The number of halogens is 1. The molecule has 0 aliphatic rings. The summed E-state index contributed by atoms with van der Waals surface area (Å²) in [4.78, 5) is 18.0. The zero-order valence-electron chi connectivity index (χ0n) is 14.0. The van der Waals surface area contributed by atoms with Gasteiger partial charge in [0, 0.05) is 38.4 Å². The Kier molecular flexibility index (Phi) is 7.36. The molecule has 1 aromatic carbocycles. The molecule has 2 aromatic rings. The summed E-state index contributed by atoms with van der Waals surface area (Å²) in [5, 5.41) is 2.85. The van der Waals surface area contributed by atoms with E-state index in [9.17, 15) is 9.18 Å². The minimum Gasteiger partial charge on any atom is -0.356 e. The van der Waals surface area contributed by atoms with Crippen molar-refractivity contribution in [3.8, 4) is 0 Å². The number of likely N-dealkylation sites (N-methyl/N-ethyl adjacent to an activating group) is 1. The topological polar surface area (TPSA) is 45.2 Å². The van der Waals surface area contributed by atoms with E-state index in [1.54, 1.807) is 30.6 Å². The van der Waals surface area contributed by atoms with Crippen molar-refractivity contribution in [2.45, 2.75) is 19.3 Å². The number of hydrogen-bond donors (Lipinski definition) is 1. The van der Waals surface area contributed by atoms with Crippen LogP contribution in [0.25, 0.3) is 0 Å². The average molecular weight is 329 g/mol. The first-order chi connectivity index (χ1) is 11.6. The van der Waals surface area contributed by atoms with E-state index in [-0.39, 0.29) is 11.7 Å². The van der Waals surface area contributed by atoms with Crippen molar-refractivity contribution < 1.29 is 9.18 Å². The standard InChI is InChI=1S/C19H24FN3O/c1-23(14-9-16-6-11-21-12-7-16)15-10-19(24)22-13-8-17-4-2-3-5-18(17)20/h2-7,11-12H,8-10,13-15H2,1H3,(H,22,24). The van der Waals surface area contributed by atoms with Crippen LogP contribution in [0.15, 0.2) is 48.8 Å². The van der Waals surface area contributed by atoms with Gasteiger partial charge in [0.25, 0.3) is 0 Å². The largest absolute Gasteiger partial charge is 0.356 e. The second kappa shape index (κ2) is 9.78. The first-order valence-electron chi connectivity index (χ1n) is 8.22. The smallest absolute Gasteiger partial charge is 0.221 e. The molecule has 0 unspecified atom stereocenters. The van der Waals surface area contributed by atoms with Gasteiger partial charge >= 0.3 is 0 Å². The van der Waals surface area contributed by atoms with E-state index in [2.05, 4.69) is 15.2 Å². The predicted octanol–water partition coefficient (Wildman–Crippen LogP) is 2.44. The van der Waals surface area contributed by atoms with Crippen LogP contribution in [-0.4, -0.2) is 42.5 Å². The van der Waals surface area contributed by atoms with Crippen LogP contribution in [0.4, 0.5) is 4.39 Å². The maximum Gasteiger partial charge on any atom is 0.221 e. The maximum atomic E-state index is 13.5. The molecule has 1 amide bonds. The van der Waals surface area contributed by atoms with E-state index in [0.717, 1.165) is 13.0 Å². The average Bonchev–Trinajstić information content (AvgIpc) is 2.61. The van der Waals surface area contributed by atoms with E-state index >= 15 is 0 Å². The molecule has 0 saturated heterocycles. The Bertz CT molecular complexity index is 634. The minimum atomic E-state index is -0.220. The van der Waals surface area contributed by atoms with Crippen molar-refractivity contribution >= 4 is 5.91 Å². The van der Waals surface area contributed by atoms with Crippen LogP contribution in [0.2, 0.25) is 0 Å². The Morgan fingerprint density at radius 3 is 2.62 bits per heavy atom. The second-order valence-electron chi connectivity index (χ2n) is 5.85. The van der Waals surface area contributed by atoms with Crippen LogP contribution < -0.4 is 5.32 Å². The van der Waals surface area contributed by atoms with Gasteiger partial charge in [0.2, 0.25) is 5.91 Å². The van der Waals surface area contributed by atoms with Crippen molar-refractivity contribution in [2.24, 2.45) is 0 Å². The van der Waals surface area contributed by atoms with Gasteiger partial charge in [-0.05, 0) is 49.2 Å². The van der Waals surface area contributed by atoms with Crippen LogP contribution in [0.5, 0.6) is 0 Å². The molecule has 0 spiro atoms. The summed E-state index contributed by atoms with van der Waals surface area (Å²) in [6.45, 7) is 2.06. The van der Waals surface area contributed by atoms with E-state index in [0.29, 0.717) is 31.5 Å². The van der Waals surface area contributed by atoms with Crippen molar-refractivity contribution in [3.63, 3.8) is 0 Å². The monoisotopic (exact) mass is 329 g/mol. The predicted molar refractivity (Wildman–Crippen MR) is 93.2 cm³/mol. The van der Waals surface area contributed by atoms with Crippen molar-refractivity contribution in [3.05, 3.63) is 65.7 Å². The maximum absolute atomic E-state index is 13.5. The summed E-state index contributed by atoms with van der Waals surface area (Å²) in [5.74, 6) is -0.218. The zero-order chi connectivity index (χ0) is 17.2. The fourth-order valence-corrected chi connectivity index (χ4v) is 2.40. The van der Waals surface area contributed by atoms with Gasteiger partial charge in [0.05, 0.1) is 0 Å². The Labute approximate surface area is 142 Å². The first kappa shape index (κ1) is 18.1. The van der Waals surface area contributed by atoms with E-state index in [1.807, 2.05) is 19.2 Å². The van der Waals surface area contributed by atoms with Crippen LogP contribution in [0.1, 0.15) is 17.5 Å². The van der Waals surface area contributed by atoms with Gasteiger partial charge < -0.3 is 10.2 Å². The third kappa shape index (κ3) is 6.46. The van der Waals surface area contributed by atoms with Crippen LogP contribution in [0.3, 0.4) is 0 Å².